The molecular formula is C23H36O. The largest absolute Gasteiger partial charge is 0.494 e. The minimum Gasteiger partial charge on any atom is -0.494 e. The lowest BCUT2D eigenvalue weighted by atomic mass is 9.84. The van der Waals surface area contributed by atoms with Crippen molar-refractivity contribution in [3.05, 3.63) is 35.9 Å². The van der Waals surface area contributed by atoms with Crippen LogP contribution >= 0.6 is 0 Å². The highest BCUT2D eigenvalue weighted by Gasteiger charge is 2.14. The summed E-state index contributed by atoms with van der Waals surface area (Å²) in [5.74, 6) is 1.94. The maximum Gasteiger partial charge on any atom is 0.119 e. The second-order valence-electron chi connectivity index (χ2n) is 7.30. The van der Waals surface area contributed by atoms with Crippen molar-refractivity contribution in [1.82, 2.24) is 0 Å². The Kier molecular flexibility index (Phi) is 9.02. The van der Waals surface area contributed by atoms with Gasteiger partial charge in [0.25, 0.3) is 0 Å². The summed E-state index contributed by atoms with van der Waals surface area (Å²) >= 11 is 0. The molecule has 1 nitrogen and oxygen atoms in total. The Hall–Kier alpha value is -1.24. The van der Waals surface area contributed by atoms with Crippen molar-refractivity contribution in [2.24, 2.45) is 5.92 Å². The molecule has 1 heteroatoms. The molecule has 0 saturated carbocycles. The number of ether oxygens (including phenoxy) is 1. The molecule has 134 valence electrons. The molecule has 0 fully saturated rings. The highest BCUT2D eigenvalue weighted by atomic mass is 16.5. The molecule has 0 amide bonds. The Morgan fingerprint density at radius 1 is 0.917 bits per heavy atom. The summed E-state index contributed by atoms with van der Waals surface area (Å²) < 4.78 is 5.87. The van der Waals surface area contributed by atoms with Gasteiger partial charge in [0.15, 0.2) is 0 Å². The number of benzene rings is 1. The summed E-state index contributed by atoms with van der Waals surface area (Å²) in [4.78, 5) is 0. The minimum atomic E-state index is 0.852. The quantitative estimate of drug-likeness (QED) is 0.384. The van der Waals surface area contributed by atoms with Gasteiger partial charge in [0.05, 0.1) is 6.61 Å². The smallest absolute Gasteiger partial charge is 0.119 e. The van der Waals surface area contributed by atoms with E-state index in [0.29, 0.717) is 0 Å². The van der Waals surface area contributed by atoms with E-state index in [2.05, 4.69) is 44.2 Å². The van der Waals surface area contributed by atoms with Gasteiger partial charge in [-0.3, -0.25) is 0 Å². The maximum absolute atomic E-state index is 5.87. The van der Waals surface area contributed by atoms with Crippen molar-refractivity contribution in [2.75, 3.05) is 6.61 Å². The Morgan fingerprint density at radius 2 is 1.67 bits per heavy atom. The Morgan fingerprint density at radius 3 is 2.33 bits per heavy atom. The molecular weight excluding hydrogens is 292 g/mol. The van der Waals surface area contributed by atoms with Crippen LogP contribution in [0.4, 0.5) is 0 Å². The third kappa shape index (κ3) is 6.71. The van der Waals surface area contributed by atoms with E-state index in [1.807, 2.05) is 0 Å². The van der Waals surface area contributed by atoms with Gasteiger partial charge in [0.2, 0.25) is 0 Å². The molecule has 1 atom stereocenters. The summed E-state index contributed by atoms with van der Waals surface area (Å²) in [7, 11) is 0. The third-order valence-electron chi connectivity index (χ3n) is 5.23. The summed E-state index contributed by atoms with van der Waals surface area (Å²) in [6.45, 7) is 5.40. The van der Waals surface area contributed by atoms with E-state index in [4.69, 9.17) is 4.74 Å². The monoisotopic (exact) mass is 328 g/mol. The lowest BCUT2D eigenvalue weighted by Crippen LogP contribution is -2.05. The molecule has 0 bridgehead atoms. The van der Waals surface area contributed by atoms with Crippen molar-refractivity contribution in [2.45, 2.75) is 84.5 Å². The van der Waals surface area contributed by atoms with E-state index in [1.54, 1.807) is 0 Å². The van der Waals surface area contributed by atoms with Crippen LogP contribution in [-0.2, 0) is 0 Å². The van der Waals surface area contributed by atoms with Gasteiger partial charge in [0, 0.05) is 0 Å². The van der Waals surface area contributed by atoms with Crippen molar-refractivity contribution in [3.63, 3.8) is 0 Å². The summed E-state index contributed by atoms with van der Waals surface area (Å²) in [5, 5.41) is 0. The fourth-order valence-corrected chi connectivity index (χ4v) is 3.57. The van der Waals surface area contributed by atoms with E-state index in [1.165, 1.54) is 81.8 Å². The van der Waals surface area contributed by atoms with Crippen LogP contribution in [0.3, 0.4) is 0 Å². The molecule has 0 saturated heterocycles. The molecule has 0 spiro atoms. The normalized spacial score (nSPS) is 17.6. The SMILES string of the molecule is CCCCCCCOc1ccc(C2=CCC(CCCC)CC2)cc1. The van der Waals surface area contributed by atoms with Crippen molar-refractivity contribution in [3.8, 4) is 5.75 Å². The summed E-state index contributed by atoms with van der Waals surface area (Å²) in [6.07, 6.45) is 16.9. The van der Waals surface area contributed by atoms with Gasteiger partial charge in [-0.25, -0.2) is 0 Å². The zero-order valence-corrected chi connectivity index (χ0v) is 15.9. The number of allylic oxidation sites excluding steroid dienone is 2. The van der Waals surface area contributed by atoms with Crippen LogP contribution in [0.15, 0.2) is 30.3 Å². The van der Waals surface area contributed by atoms with Crippen LogP contribution in [0.1, 0.15) is 90.0 Å². The van der Waals surface area contributed by atoms with Crippen LogP contribution < -0.4 is 4.74 Å². The molecule has 1 aliphatic carbocycles. The van der Waals surface area contributed by atoms with Crippen molar-refractivity contribution in [1.29, 1.82) is 0 Å². The molecule has 0 radical (unpaired) electrons. The lowest BCUT2D eigenvalue weighted by molar-refractivity contribution is 0.304. The fourth-order valence-electron chi connectivity index (χ4n) is 3.57. The summed E-state index contributed by atoms with van der Waals surface area (Å²) in [5.41, 5.74) is 2.92. The van der Waals surface area contributed by atoms with Crippen LogP contribution in [0.25, 0.3) is 5.57 Å². The molecule has 1 aromatic rings. The zero-order valence-electron chi connectivity index (χ0n) is 15.9. The van der Waals surface area contributed by atoms with Gasteiger partial charge < -0.3 is 4.74 Å². The van der Waals surface area contributed by atoms with E-state index in [9.17, 15) is 0 Å². The maximum atomic E-state index is 5.87. The number of hydrogen-bond donors (Lipinski definition) is 0. The lowest BCUT2D eigenvalue weighted by Gasteiger charge is -2.22. The van der Waals surface area contributed by atoms with Crippen LogP contribution in [0.5, 0.6) is 5.75 Å². The minimum absolute atomic E-state index is 0.852. The number of unbranched alkanes of at least 4 members (excludes halogenated alkanes) is 5. The van der Waals surface area contributed by atoms with Gasteiger partial charge in [-0.2, -0.15) is 0 Å². The molecule has 0 heterocycles. The topological polar surface area (TPSA) is 9.23 Å². The van der Waals surface area contributed by atoms with E-state index >= 15 is 0 Å². The molecule has 1 aromatic carbocycles. The molecule has 0 aliphatic heterocycles. The standard InChI is InChI=1S/C23H36O/c1-3-5-7-8-9-19-24-23-17-15-22(16-18-23)21-13-11-20(12-14-21)10-6-4-2/h13,15-18,20H,3-12,14,19H2,1-2H3. The highest BCUT2D eigenvalue weighted by Crippen LogP contribution is 2.33. The van der Waals surface area contributed by atoms with E-state index in [-0.39, 0.29) is 0 Å². The Labute approximate surface area is 149 Å². The van der Waals surface area contributed by atoms with Gasteiger partial charge in [-0.05, 0) is 54.9 Å². The third-order valence-corrected chi connectivity index (χ3v) is 5.23. The second-order valence-corrected chi connectivity index (χ2v) is 7.30. The van der Waals surface area contributed by atoms with E-state index in [0.717, 1.165) is 18.3 Å². The zero-order chi connectivity index (χ0) is 17.0. The Balaban J connectivity index is 1.73. The summed E-state index contributed by atoms with van der Waals surface area (Å²) in [6, 6.07) is 8.77. The molecule has 1 aliphatic rings. The Bertz CT molecular complexity index is 471. The van der Waals surface area contributed by atoms with Crippen LogP contribution in [0.2, 0.25) is 0 Å². The predicted molar refractivity (Wildman–Crippen MR) is 106 cm³/mol. The van der Waals surface area contributed by atoms with E-state index < -0.39 is 0 Å². The molecule has 24 heavy (non-hydrogen) atoms. The van der Waals surface area contributed by atoms with Crippen molar-refractivity contribution < 1.29 is 4.74 Å². The predicted octanol–water partition coefficient (Wildman–Crippen LogP) is 7.41. The molecule has 0 aromatic heterocycles. The highest BCUT2D eigenvalue weighted by molar-refractivity contribution is 5.66. The molecule has 1 unspecified atom stereocenters. The van der Waals surface area contributed by atoms with Crippen LogP contribution in [0, 0.1) is 5.92 Å². The average Bonchev–Trinajstić information content (AvgIpc) is 2.64. The van der Waals surface area contributed by atoms with Gasteiger partial charge in [-0.1, -0.05) is 77.0 Å². The first-order valence-corrected chi connectivity index (χ1v) is 10.3. The first-order chi connectivity index (χ1) is 11.8. The first-order valence-electron chi connectivity index (χ1n) is 10.3. The number of hydrogen-bond acceptors (Lipinski definition) is 1. The van der Waals surface area contributed by atoms with Crippen LogP contribution in [-0.4, -0.2) is 6.61 Å². The average molecular weight is 329 g/mol. The first kappa shape index (κ1) is 19.1. The second kappa shape index (κ2) is 11.3. The fraction of sp³-hybridized carbons (Fsp3) is 0.652. The van der Waals surface area contributed by atoms with Gasteiger partial charge in [0.1, 0.15) is 5.75 Å². The molecule has 0 N–H and O–H groups in total. The number of rotatable bonds is 11. The van der Waals surface area contributed by atoms with Gasteiger partial charge >= 0.3 is 0 Å². The van der Waals surface area contributed by atoms with Gasteiger partial charge in [-0.15, -0.1) is 0 Å². The van der Waals surface area contributed by atoms with Crippen molar-refractivity contribution >= 4 is 5.57 Å². The molecule has 2 rings (SSSR count).